The topological polar surface area (TPSA) is 84.2 Å². The minimum atomic E-state index is -3.57. The van der Waals surface area contributed by atoms with Crippen LogP contribution >= 0.6 is 0 Å². The highest BCUT2D eigenvalue weighted by Crippen LogP contribution is 2.20. The van der Waals surface area contributed by atoms with Crippen LogP contribution in [0.3, 0.4) is 0 Å². The molecule has 0 saturated heterocycles. The summed E-state index contributed by atoms with van der Waals surface area (Å²) in [6.45, 7) is 7.63. The van der Waals surface area contributed by atoms with Gasteiger partial charge < -0.3 is 5.11 Å². The summed E-state index contributed by atoms with van der Waals surface area (Å²) in [5.41, 5.74) is 1.03. The molecular formula is C13H25N3O3S. The summed E-state index contributed by atoms with van der Waals surface area (Å²) >= 11 is 0. The van der Waals surface area contributed by atoms with E-state index >= 15 is 0 Å². The van der Waals surface area contributed by atoms with E-state index in [1.54, 1.807) is 13.8 Å². The van der Waals surface area contributed by atoms with E-state index in [2.05, 4.69) is 9.82 Å². The van der Waals surface area contributed by atoms with Crippen molar-refractivity contribution < 1.29 is 13.5 Å². The lowest BCUT2D eigenvalue weighted by Gasteiger charge is -2.16. The Bertz CT molecular complexity index is 537. The standard InChI is InChI=1S/C13H25N3O3S/c1-5-7-12(6-2)15-20(18,19)13-10(3)14-16(8-9-17)11(13)4/h12,15,17H,5-9H2,1-4H3. The molecule has 0 aliphatic heterocycles. The number of hydrogen-bond acceptors (Lipinski definition) is 4. The average Bonchev–Trinajstić information content (AvgIpc) is 2.64. The van der Waals surface area contributed by atoms with Gasteiger partial charge in [0.1, 0.15) is 4.90 Å². The van der Waals surface area contributed by atoms with Crippen LogP contribution in [0, 0.1) is 13.8 Å². The van der Waals surface area contributed by atoms with Crippen molar-refractivity contribution in [1.29, 1.82) is 0 Å². The Morgan fingerprint density at radius 1 is 1.35 bits per heavy atom. The zero-order valence-corrected chi connectivity index (χ0v) is 13.5. The molecule has 1 atom stereocenters. The average molecular weight is 303 g/mol. The van der Waals surface area contributed by atoms with Crippen molar-refractivity contribution in [1.82, 2.24) is 14.5 Å². The lowest BCUT2D eigenvalue weighted by molar-refractivity contribution is 0.267. The van der Waals surface area contributed by atoms with Gasteiger partial charge in [-0.1, -0.05) is 20.3 Å². The molecule has 1 heterocycles. The summed E-state index contributed by atoms with van der Waals surface area (Å²) in [7, 11) is -3.57. The lowest BCUT2D eigenvalue weighted by atomic mass is 10.1. The lowest BCUT2D eigenvalue weighted by Crippen LogP contribution is -2.34. The van der Waals surface area contributed by atoms with Crippen molar-refractivity contribution >= 4 is 10.0 Å². The summed E-state index contributed by atoms with van der Waals surface area (Å²) in [4.78, 5) is 0.237. The molecule has 0 saturated carbocycles. The SMILES string of the molecule is CCCC(CC)NS(=O)(=O)c1c(C)nn(CCO)c1C. The second kappa shape index (κ2) is 7.19. The highest BCUT2D eigenvalue weighted by molar-refractivity contribution is 7.89. The van der Waals surface area contributed by atoms with Gasteiger partial charge in [-0.15, -0.1) is 0 Å². The zero-order chi connectivity index (χ0) is 15.3. The summed E-state index contributed by atoms with van der Waals surface area (Å²) in [6.07, 6.45) is 2.51. The van der Waals surface area contributed by atoms with Crippen LogP contribution in [0.25, 0.3) is 0 Å². The minimum absolute atomic E-state index is 0.0509. The van der Waals surface area contributed by atoms with Crippen molar-refractivity contribution in [2.24, 2.45) is 0 Å². The summed E-state index contributed by atoms with van der Waals surface area (Å²) in [5, 5.41) is 13.2. The van der Waals surface area contributed by atoms with Crippen LogP contribution in [0.4, 0.5) is 0 Å². The summed E-state index contributed by atoms with van der Waals surface area (Å²) in [6, 6.07) is -0.0509. The second-order valence-electron chi connectivity index (χ2n) is 4.96. The molecule has 2 N–H and O–H groups in total. The first kappa shape index (κ1) is 17.1. The summed E-state index contributed by atoms with van der Waals surface area (Å²) < 4.78 is 29.3. The van der Waals surface area contributed by atoms with E-state index in [1.807, 2.05) is 13.8 Å². The smallest absolute Gasteiger partial charge is 0.244 e. The van der Waals surface area contributed by atoms with E-state index in [1.165, 1.54) is 4.68 Å². The molecule has 0 radical (unpaired) electrons. The first-order chi connectivity index (χ1) is 9.37. The van der Waals surface area contributed by atoms with Crippen LogP contribution < -0.4 is 4.72 Å². The monoisotopic (exact) mass is 303 g/mol. The highest BCUT2D eigenvalue weighted by atomic mass is 32.2. The summed E-state index contributed by atoms with van der Waals surface area (Å²) in [5.74, 6) is 0. The Kier molecular flexibility index (Phi) is 6.16. The fraction of sp³-hybridized carbons (Fsp3) is 0.769. The van der Waals surface area contributed by atoms with Crippen LogP contribution in [0.15, 0.2) is 4.90 Å². The van der Waals surface area contributed by atoms with Gasteiger partial charge in [-0.3, -0.25) is 4.68 Å². The van der Waals surface area contributed by atoms with Gasteiger partial charge in [0.25, 0.3) is 0 Å². The maximum Gasteiger partial charge on any atom is 0.244 e. The largest absolute Gasteiger partial charge is 0.394 e. The Labute approximate surface area is 121 Å². The molecule has 1 aromatic heterocycles. The molecule has 1 rings (SSSR count). The molecule has 6 nitrogen and oxygen atoms in total. The van der Waals surface area contributed by atoms with Gasteiger partial charge >= 0.3 is 0 Å². The second-order valence-corrected chi connectivity index (χ2v) is 6.61. The molecule has 0 amide bonds. The van der Waals surface area contributed by atoms with E-state index in [0.717, 1.165) is 19.3 Å². The van der Waals surface area contributed by atoms with E-state index in [4.69, 9.17) is 5.11 Å². The third-order valence-corrected chi connectivity index (χ3v) is 5.12. The molecule has 1 unspecified atom stereocenters. The number of aliphatic hydroxyl groups is 1. The number of nitrogens with one attached hydrogen (secondary N) is 1. The number of nitrogens with zero attached hydrogens (tertiary/aromatic N) is 2. The number of rotatable bonds is 8. The molecule has 7 heteroatoms. The van der Waals surface area contributed by atoms with Crippen LogP contribution in [0.1, 0.15) is 44.5 Å². The molecule has 20 heavy (non-hydrogen) atoms. The number of aromatic nitrogens is 2. The Hall–Kier alpha value is -0.920. The molecule has 0 fully saturated rings. The van der Waals surface area contributed by atoms with E-state index < -0.39 is 10.0 Å². The molecular weight excluding hydrogens is 278 g/mol. The van der Waals surface area contributed by atoms with Crippen LogP contribution in [0.5, 0.6) is 0 Å². The van der Waals surface area contributed by atoms with Crippen molar-refractivity contribution in [2.45, 2.75) is 64.4 Å². The first-order valence-corrected chi connectivity index (χ1v) is 8.52. The maximum absolute atomic E-state index is 12.5. The molecule has 1 aromatic rings. The maximum atomic E-state index is 12.5. The van der Waals surface area contributed by atoms with Crippen LogP contribution in [-0.4, -0.2) is 36.0 Å². The quantitative estimate of drug-likeness (QED) is 0.759. The Balaban J connectivity index is 3.09. The van der Waals surface area contributed by atoms with Crippen molar-refractivity contribution in [2.75, 3.05) is 6.61 Å². The van der Waals surface area contributed by atoms with Gasteiger partial charge in [0.2, 0.25) is 10.0 Å². The molecule has 116 valence electrons. The third kappa shape index (κ3) is 3.80. The third-order valence-electron chi connectivity index (χ3n) is 3.35. The predicted molar refractivity (Wildman–Crippen MR) is 78.1 cm³/mol. The normalized spacial score (nSPS) is 13.7. The van der Waals surface area contributed by atoms with Crippen molar-refractivity contribution in [3.63, 3.8) is 0 Å². The van der Waals surface area contributed by atoms with Gasteiger partial charge in [0.15, 0.2) is 0 Å². The van der Waals surface area contributed by atoms with Crippen molar-refractivity contribution in [3.05, 3.63) is 11.4 Å². The van der Waals surface area contributed by atoms with Crippen LogP contribution in [-0.2, 0) is 16.6 Å². The van der Waals surface area contributed by atoms with E-state index in [-0.39, 0.29) is 17.5 Å². The van der Waals surface area contributed by atoms with Crippen LogP contribution in [0.2, 0.25) is 0 Å². The number of hydrogen-bond donors (Lipinski definition) is 2. The minimum Gasteiger partial charge on any atom is -0.394 e. The molecule has 0 aromatic carbocycles. The zero-order valence-electron chi connectivity index (χ0n) is 12.7. The Morgan fingerprint density at radius 2 is 2.00 bits per heavy atom. The van der Waals surface area contributed by atoms with E-state index in [0.29, 0.717) is 17.9 Å². The predicted octanol–water partition coefficient (Wildman–Crippen LogP) is 1.35. The van der Waals surface area contributed by atoms with Gasteiger partial charge in [-0.25, -0.2) is 13.1 Å². The molecule has 0 aliphatic carbocycles. The van der Waals surface area contributed by atoms with Gasteiger partial charge in [0, 0.05) is 6.04 Å². The fourth-order valence-electron chi connectivity index (χ4n) is 2.36. The molecule has 0 bridgehead atoms. The first-order valence-electron chi connectivity index (χ1n) is 7.04. The molecule has 0 spiro atoms. The molecule has 0 aliphatic rings. The van der Waals surface area contributed by atoms with Crippen molar-refractivity contribution in [3.8, 4) is 0 Å². The number of sulfonamides is 1. The van der Waals surface area contributed by atoms with Gasteiger partial charge in [-0.05, 0) is 26.7 Å². The highest BCUT2D eigenvalue weighted by Gasteiger charge is 2.26. The Morgan fingerprint density at radius 3 is 2.50 bits per heavy atom. The van der Waals surface area contributed by atoms with Gasteiger partial charge in [-0.2, -0.15) is 5.10 Å². The fourth-order valence-corrected chi connectivity index (χ4v) is 4.12. The number of aliphatic hydroxyl groups excluding tert-OH is 1. The van der Waals surface area contributed by atoms with Gasteiger partial charge in [0.05, 0.1) is 24.5 Å². The van der Waals surface area contributed by atoms with E-state index in [9.17, 15) is 8.42 Å². The number of aryl methyl sites for hydroxylation is 1.